The van der Waals surface area contributed by atoms with Gasteiger partial charge in [-0.05, 0) is 6.42 Å². The maximum atomic E-state index is 13.0. The molecule has 0 atom stereocenters. The Balaban J connectivity index is 3.26. The van der Waals surface area contributed by atoms with Crippen LogP contribution in [0.25, 0.3) is 0 Å². The Morgan fingerprint density at radius 3 is 1.53 bits per heavy atom. The Hall–Kier alpha value is -0.913. The molecule has 0 spiro atoms. The van der Waals surface area contributed by atoms with Gasteiger partial charge in [0.05, 0.1) is 0 Å². The molecule has 0 bridgehead atoms. The number of halogens is 5. The van der Waals surface area contributed by atoms with Crippen molar-refractivity contribution < 1.29 is 22.0 Å². The van der Waals surface area contributed by atoms with Crippen LogP contribution < -0.4 is 0 Å². The van der Waals surface area contributed by atoms with Crippen molar-refractivity contribution in [3.05, 3.63) is 34.6 Å². The fourth-order valence-electron chi connectivity index (χ4n) is 1.17. The van der Waals surface area contributed by atoms with Crippen LogP contribution in [-0.2, 0) is 6.42 Å². The second-order valence-electron chi connectivity index (χ2n) is 3.01. The van der Waals surface area contributed by atoms with Crippen molar-refractivity contribution in [3.8, 4) is 0 Å². The molecule has 0 saturated heterocycles. The van der Waals surface area contributed by atoms with Crippen LogP contribution in [0.2, 0.25) is 6.04 Å². The largest absolute Gasteiger partial charge is 0.203 e. The highest BCUT2D eigenvalue weighted by Crippen LogP contribution is 2.24. The van der Waals surface area contributed by atoms with Gasteiger partial charge >= 0.3 is 0 Å². The molecule has 1 aromatic carbocycles. The Morgan fingerprint density at radius 1 is 0.733 bits per heavy atom. The van der Waals surface area contributed by atoms with E-state index in [-0.39, 0.29) is 6.42 Å². The Kier molecular flexibility index (Phi) is 3.84. The molecule has 0 heterocycles. The predicted octanol–water partition coefficient (Wildman–Crippen LogP) is 2.37. The van der Waals surface area contributed by atoms with E-state index in [1.165, 1.54) is 0 Å². The van der Waals surface area contributed by atoms with Gasteiger partial charge in [0.25, 0.3) is 0 Å². The summed E-state index contributed by atoms with van der Waals surface area (Å²) < 4.78 is 63.9. The van der Waals surface area contributed by atoms with Crippen LogP contribution in [0.5, 0.6) is 0 Å². The highest BCUT2D eigenvalue weighted by Gasteiger charge is 2.24. The molecule has 0 fully saturated rings. The number of benzene rings is 1. The molecule has 0 aromatic heterocycles. The molecule has 15 heavy (non-hydrogen) atoms. The number of hydrogen-bond acceptors (Lipinski definition) is 0. The zero-order valence-electron chi connectivity index (χ0n) is 7.72. The summed E-state index contributed by atoms with van der Waals surface area (Å²) in [6.45, 7) is 0. The minimum Gasteiger partial charge on any atom is -0.203 e. The Bertz CT molecular complexity index is 348. The first-order valence-electron chi connectivity index (χ1n) is 4.30. The van der Waals surface area contributed by atoms with Crippen LogP contribution in [0.3, 0.4) is 0 Å². The van der Waals surface area contributed by atoms with Crippen molar-refractivity contribution in [2.45, 2.75) is 18.9 Å². The van der Waals surface area contributed by atoms with E-state index in [0.29, 0.717) is 12.5 Å². The molecule has 1 rings (SSSR count). The van der Waals surface area contributed by atoms with Gasteiger partial charge in [0.15, 0.2) is 23.3 Å². The zero-order chi connectivity index (χ0) is 11.6. The third-order valence-electron chi connectivity index (χ3n) is 1.98. The number of rotatable bonds is 3. The van der Waals surface area contributed by atoms with Gasteiger partial charge in [-0.3, -0.25) is 0 Å². The predicted molar refractivity (Wildman–Crippen MR) is 47.9 cm³/mol. The Labute approximate surface area is 86.5 Å². The van der Waals surface area contributed by atoms with Gasteiger partial charge in [0, 0.05) is 15.8 Å². The molecule has 0 aliphatic rings. The molecule has 0 unspecified atom stereocenters. The van der Waals surface area contributed by atoms with Crippen LogP contribution in [0, 0.1) is 29.1 Å². The zero-order valence-corrected chi connectivity index (χ0v) is 9.13. The van der Waals surface area contributed by atoms with E-state index in [2.05, 4.69) is 0 Å². The third-order valence-corrected chi connectivity index (χ3v) is 2.48. The van der Waals surface area contributed by atoms with Gasteiger partial charge in [-0.2, -0.15) is 0 Å². The molecule has 0 N–H and O–H groups in total. The smallest absolute Gasteiger partial charge is 0.200 e. The minimum atomic E-state index is -2.10. The van der Waals surface area contributed by atoms with Crippen molar-refractivity contribution >= 4 is 10.2 Å². The van der Waals surface area contributed by atoms with Crippen LogP contribution in [0.4, 0.5) is 22.0 Å². The summed E-state index contributed by atoms with van der Waals surface area (Å²) in [5.74, 6) is -9.29. The summed E-state index contributed by atoms with van der Waals surface area (Å²) in [7, 11) is 1.57. The lowest BCUT2D eigenvalue weighted by Crippen LogP contribution is -2.07. The molecule has 1 aromatic rings. The maximum absolute atomic E-state index is 13.0. The van der Waals surface area contributed by atoms with Crippen molar-refractivity contribution in [3.63, 3.8) is 0 Å². The van der Waals surface area contributed by atoms with Crippen LogP contribution in [0.15, 0.2) is 0 Å². The summed E-state index contributed by atoms with van der Waals surface area (Å²) in [6.07, 6.45) is 0.242. The van der Waals surface area contributed by atoms with Crippen LogP contribution in [-0.4, -0.2) is 10.2 Å². The molecule has 0 amide bonds. The average molecular weight is 239 g/mol. The fraction of sp³-hybridized carbons (Fsp3) is 0.333. The summed E-state index contributed by atoms with van der Waals surface area (Å²) in [6, 6.07) is 0.638. The second-order valence-corrected chi connectivity index (χ2v) is 3.71. The molecule has 6 heteroatoms. The lowest BCUT2D eigenvalue weighted by Gasteiger charge is -2.07. The first-order valence-corrected chi connectivity index (χ1v) is 5.30. The topological polar surface area (TPSA) is 0 Å². The van der Waals surface area contributed by atoms with Crippen molar-refractivity contribution in [2.75, 3.05) is 0 Å². The van der Waals surface area contributed by atoms with Gasteiger partial charge < -0.3 is 0 Å². The maximum Gasteiger partial charge on any atom is 0.200 e. The molecule has 1 radical (unpaired) electrons. The lowest BCUT2D eigenvalue weighted by molar-refractivity contribution is 0.369. The lowest BCUT2D eigenvalue weighted by atomic mass is 10.1. The van der Waals surface area contributed by atoms with Crippen molar-refractivity contribution in [1.29, 1.82) is 0 Å². The van der Waals surface area contributed by atoms with Gasteiger partial charge in [-0.1, -0.05) is 12.5 Å². The number of hydrogen-bond donors (Lipinski definition) is 0. The summed E-state index contributed by atoms with van der Waals surface area (Å²) in [5, 5.41) is 0. The van der Waals surface area contributed by atoms with E-state index in [1.807, 2.05) is 0 Å². The van der Waals surface area contributed by atoms with E-state index in [4.69, 9.17) is 0 Å². The second kappa shape index (κ2) is 4.74. The van der Waals surface area contributed by atoms with Crippen LogP contribution in [0.1, 0.15) is 12.0 Å². The minimum absolute atomic E-state index is 0.144. The Morgan fingerprint density at radius 2 is 1.13 bits per heavy atom. The SMILES string of the molecule is Fc1c(F)c(F)c(CCC[SiH2])c(F)c1F. The fourth-order valence-corrected chi connectivity index (χ4v) is 1.42. The van der Waals surface area contributed by atoms with E-state index in [1.54, 1.807) is 10.2 Å². The molecular weight excluding hydrogens is 231 g/mol. The molecule has 83 valence electrons. The highest BCUT2D eigenvalue weighted by molar-refractivity contribution is 6.08. The summed E-state index contributed by atoms with van der Waals surface area (Å²) >= 11 is 0. The molecule has 0 aliphatic heterocycles. The van der Waals surface area contributed by atoms with Gasteiger partial charge in [-0.25, -0.2) is 22.0 Å². The van der Waals surface area contributed by atoms with E-state index in [9.17, 15) is 22.0 Å². The quantitative estimate of drug-likeness (QED) is 0.329. The molecule has 0 saturated carbocycles. The van der Waals surface area contributed by atoms with Gasteiger partial charge in [0.1, 0.15) is 0 Å². The average Bonchev–Trinajstić information content (AvgIpc) is 2.24. The normalized spacial score (nSPS) is 10.8. The molecular formula is C9H8F5Si. The van der Waals surface area contributed by atoms with Crippen molar-refractivity contribution in [2.24, 2.45) is 0 Å². The van der Waals surface area contributed by atoms with Crippen molar-refractivity contribution in [1.82, 2.24) is 0 Å². The summed E-state index contributed by atoms with van der Waals surface area (Å²) in [4.78, 5) is 0. The third kappa shape index (κ3) is 2.19. The standard InChI is InChI=1S/C9H8F5Si/c10-5-4(2-1-3-15)6(11)8(13)9(14)7(5)12/h1-3,15H2. The first kappa shape index (κ1) is 12.2. The van der Waals surface area contributed by atoms with Gasteiger partial charge in [-0.15, -0.1) is 0 Å². The monoisotopic (exact) mass is 239 g/mol. The van der Waals surface area contributed by atoms with E-state index < -0.39 is 34.6 Å². The molecule has 0 nitrogen and oxygen atoms in total. The summed E-state index contributed by atoms with van der Waals surface area (Å²) in [5.41, 5.74) is -0.724. The van der Waals surface area contributed by atoms with E-state index in [0.717, 1.165) is 0 Å². The van der Waals surface area contributed by atoms with E-state index >= 15 is 0 Å². The highest BCUT2D eigenvalue weighted by atomic mass is 28.1. The first-order chi connectivity index (χ1) is 7.00. The van der Waals surface area contributed by atoms with Crippen LogP contribution >= 0.6 is 0 Å². The molecule has 0 aliphatic carbocycles. The van der Waals surface area contributed by atoms with Gasteiger partial charge in [0.2, 0.25) is 5.82 Å².